The van der Waals surface area contributed by atoms with Gasteiger partial charge in [-0.15, -0.1) is 22.9 Å². The molecule has 0 aliphatic heterocycles. The highest BCUT2D eigenvalue weighted by molar-refractivity contribution is 7.10. The van der Waals surface area contributed by atoms with E-state index in [2.05, 4.69) is 17.1 Å². The van der Waals surface area contributed by atoms with Gasteiger partial charge < -0.3 is 0 Å². The number of aromatic nitrogens is 1. The van der Waals surface area contributed by atoms with Gasteiger partial charge in [-0.3, -0.25) is 4.79 Å². The van der Waals surface area contributed by atoms with E-state index in [1.807, 2.05) is 23.6 Å². The van der Waals surface area contributed by atoms with E-state index in [-0.39, 0.29) is 17.1 Å². The predicted octanol–water partition coefficient (Wildman–Crippen LogP) is 3.64. The van der Waals surface area contributed by atoms with E-state index in [0.29, 0.717) is 5.69 Å². The van der Waals surface area contributed by atoms with E-state index in [1.54, 1.807) is 11.3 Å². The fraction of sp³-hybridized carbons (Fsp3) is 0.286. The molecule has 0 radical (unpaired) electrons. The predicted molar refractivity (Wildman–Crippen MR) is 73.6 cm³/mol. The molecule has 1 aliphatic carbocycles. The second kappa shape index (κ2) is 4.48. The zero-order valence-electron chi connectivity index (χ0n) is 9.73. The average molecular weight is 278 g/mol. The van der Waals surface area contributed by atoms with Crippen molar-refractivity contribution in [2.24, 2.45) is 0 Å². The number of nitrogens with zero attached hydrogens (tertiary/aromatic N) is 1. The molecule has 1 saturated carbocycles. The summed E-state index contributed by atoms with van der Waals surface area (Å²) in [4.78, 5) is 16.0. The second-order valence-electron chi connectivity index (χ2n) is 4.54. The van der Waals surface area contributed by atoms with Gasteiger partial charge in [0.2, 0.25) is 0 Å². The van der Waals surface area contributed by atoms with Gasteiger partial charge in [-0.25, -0.2) is 4.98 Å². The Morgan fingerprint density at radius 1 is 1.33 bits per heavy atom. The number of carbonyl (C=O) groups is 1. The molecule has 0 bridgehead atoms. The lowest BCUT2D eigenvalue weighted by molar-refractivity contribution is 0.101. The highest BCUT2D eigenvalue weighted by Crippen LogP contribution is 2.54. The van der Waals surface area contributed by atoms with Crippen LogP contribution in [0.25, 0.3) is 0 Å². The van der Waals surface area contributed by atoms with Gasteiger partial charge in [0.1, 0.15) is 10.7 Å². The molecule has 1 heterocycles. The first-order valence-corrected chi connectivity index (χ1v) is 7.28. The van der Waals surface area contributed by atoms with Crippen LogP contribution in [0.5, 0.6) is 0 Å². The summed E-state index contributed by atoms with van der Waals surface area (Å²) in [6, 6.07) is 10.4. The van der Waals surface area contributed by atoms with Crippen LogP contribution >= 0.6 is 22.9 Å². The maximum Gasteiger partial charge on any atom is 0.196 e. The van der Waals surface area contributed by atoms with Gasteiger partial charge in [0.25, 0.3) is 0 Å². The topological polar surface area (TPSA) is 30.0 Å². The minimum atomic E-state index is -0.0944. The molecule has 0 spiro atoms. The van der Waals surface area contributed by atoms with Crippen molar-refractivity contribution < 1.29 is 4.79 Å². The van der Waals surface area contributed by atoms with Crippen molar-refractivity contribution in [3.8, 4) is 0 Å². The van der Waals surface area contributed by atoms with E-state index in [4.69, 9.17) is 11.6 Å². The van der Waals surface area contributed by atoms with Crippen molar-refractivity contribution in [3.63, 3.8) is 0 Å². The first-order chi connectivity index (χ1) is 8.76. The molecule has 1 aromatic carbocycles. The van der Waals surface area contributed by atoms with E-state index in [9.17, 15) is 4.79 Å². The summed E-state index contributed by atoms with van der Waals surface area (Å²) in [6.45, 7) is 0. The molecule has 0 amide bonds. The van der Waals surface area contributed by atoms with Crippen LogP contribution in [0.3, 0.4) is 0 Å². The molecule has 3 rings (SSSR count). The summed E-state index contributed by atoms with van der Waals surface area (Å²) in [5, 5.41) is 2.87. The number of hydrogen-bond acceptors (Lipinski definition) is 3. The first-order valence-electron chi connectivity index (χ1n) is 5.87. The monoisotopic (exact) mass is 277 g/mol. The third kappa shape index (κ3) is 1.88. The molecular weight excluding hydrogens is 266 g/mol. The lowest BCUT2D eigenvalue weighted by atomic mass is 9.97. The molecule has 0 saturated heterocycles. The van der Waals surface area contributed by atoms with Crippen LogP contribution in [-0.4, -0.2) is 16.6 Å². The van der Waals surface area contributed by atoms with Crippen LogP contribution in [0.2, 0.25) is 0 Å². The molecule has 2 nitrogen and oxygen atoms in total. The Morgan fingerprint density at radius 2 is 2.06 bits per heavy atom. The summed E-state index contributed by atoms with van der Waals surface area (Å²) in [5.41, 5.74) is 1.85. The molecule has 18 heavy (non-hydrogen) atoms. The molecule has 2 aromatic rings. The smallest absolute Gasteiger partial charge is 0.196 e. The van der Waals surface area contributed by atoms with E-state index in [1.165, 1.54) is 5.56 Å². The molecule has 1 aromatic heterocycles. The van der Waals surface area contributed by atoms with Gasteiger partial charge in [0.15, 0.2) is 5.78 Å². The molecule has 4 heteroatoms. The highest BCUT2D eigenvalue weighted by Gasteiger charge is 2.48. The van der Waals surface area contributed by atoms with Gasteiger partial charge in [-0.2, -0.15) is 0 Å². The number of rotatable bonds is 4. The number of benzene rings is 1. The van der Waals surface area contributed by atoms with Crippen LogP contribution in [0.1, 0.15) is 33.9 Å². The fourth-order valence-corrected chi connectivity index (χ4v) is 3.44. The largest absolute Gasteiger partial charge is 0.291 e. The standard InChI is InChI=1S/C14H12ClNOS/c15-8-12(17)11-9-18-13(16-11)14(6-7-14)10-4-2-1-3-5-10/h1-5,9H,6-8H2. The van der Waals surface area contributed by atoms with Crippen LogP contribution in [0.15, 0.2) is 35.7 Å². The summed E-state index contributed by atoms with van der Waals surface area (Å²) >= 11 is 7.12. The lowest BCUT2D eigenvalue weighted by Gasteiger charge is -2.11. The highest BCUT2D eigenvalue weighted by atomic mass is 35.5. The van der Waals surface area contributed by atoms with Gasteiger partial charge in [0, 0.05) is 10.8 Å². The second-order valence-corrected chi connectivity index (χ2v) is 5.67. The number of ketones is 1. The number of thiazole rings is 1. The van der Waals surface area contributed by atoms with Crippen molar-refractivity contribution in [1.29, 1.82) is 0 Å². The van der Waals surface area contributed by atoms with Gasteiger partial charge in [-0.1, -0.05) is 30.3 Å². The third-order valence-electron chi connectivity index (χ3n) is 3.40. The zero-order valence-corrected chi connectivity index (χ0v) is 11.3. The van der Waals surface area contributed by atoms with E-state index >= 15 is 0 Å². The summed E-state index contributed by atoms with van der Waals surface area (Å²) in [5.74, 6) is -0.0929. The number of carbonyl (C=O) groups excluding carboxylic acids is 1. The Kier molecular flexibility index (Phi) is 2.96. The number of hydrogen-bond donors (Lipinski definition) is 0. The molecule has 0 N–H and O–H groups in total. The van der Waals surface area contributed by atoms with Crippen molar-refractivity contribution >= 4 is 28.7 Å². The summed E-state index contributed by atoms with van der Waals surface area (Å²) in [7, 11) is 0. The normalized spacial score (nSPS) is 16.5. The average Bonchev–Trinajstić information content (AvgIpc) is 3.10. The third-order valence-corrected chi connectivity index (χ3v) is 4.69. The first kappa shape index (κ1) is 11.9. The number of halogens is 1. The van der Waals surface area contributed by atoms with Crippen LogP contribution < -0.4 is 0 Å². The zero-order chi connectivity index (χ0) is 12.6. The van der Waals surface area contributed by atoms with E-state index < -0.39 is 0 Å². The minimum Gasteiger partial charge on any atom is -0.291 e. The molecule has 1 fully saturated rings. The maximum absolute atomic E-state index is 11.5. The minimum absolute atomic E-state index is 0.00150. The Labute approximate surface area is 115 Å². The van der Waals surface area contributed by atoms with Crippen LogP contribution in [0.4, 0.5) is 0 Å². The molecule has 92 valence electrons. The Bertz CT molecular complexity index is 574. The maximum atomic E-state index is 11.5. The van der Waals surface area contributed by atoms with E-state index in [0.717, 1.165) is 17.8 Å². The molecular formula is C14H12ClNOS. The van der Waals surface area contributed by atoms with Gasteiger partial charge in [-0.05, 0) is 18.4 Å². The lowest BCUT2D eigenvalue weighted by Crippen LogP contribution is -2.09. The molecule has 0 unspecified atom stereocenters. The fourth-order valence-electron chi connectivity index (χ4n) is 2.20. The van der Waals surface area contributed by atoms with Crippen molar-refractivity contribution in [2.75, 3.05) is 5.88 Å². The summed E-state index contributed by atoms with van der Waals surface area (Å²) < 4.78 is 0. The van der Waals surface area contributed by atoms with Crippen molar-refractivity contribution in [1.82, 2.24) is 4.98 Å². The Balaban J connectivity index is 1.96. The van der Waals surface area contributed by atoms with Crippen molar-refractivity contribution in [2.45, 2.75) is 18.3 Å². The van der Waals surface area contributed by atoms with Gasteiger partial charge >= 0.3 is 0 Å². The Hall–Kier alpha value is -1.19. The number of alkyl halides is 1. The van der Waals surface area contributed by atoms with Crippen LogP contribution in [-0.2, 0) is 5.41 Å². The quantitative estimate of drug-likeness (QED) is 0.631. The molecule has 0 atom stereocenters. The van der Waals surface area contributed by atoms with Crippen LogP contribution in [0, 0.1) is 0 Å². The Morgan fingerprint density at radius 3 is 2.67 bits per heavy atom. The summed E-state index contributed by atoms with van der Waals surface area (Å²) in [6.07, 6.45) is 2.22. The molecule has 1 aliphatic rings. The number of Topliss-reactive ketones (excluding diaryl/α,β-unsaturated/α-hetero) is 1. The van der Waals surface area contributed by atoms with Gasteiger partial charge in [0.05, 0.1) is 5.88 Å². The SMILES string of the molecule is O=C(CCl)c1csc(C2(c3ccccc3)CC2)n1. The van der Waals surface area contributed by atoms with Crippen molar-refractivity contribution in [3.05, 3.63) is 52.0 Å².